The first-order valence-corrected chi connectivity index (χ1v) is 6.11. The number of carbonyl (C=O) groups is 1. The predicted molar refractivity (Wildman–Crippen MR) is 73.0 cm³/mol. The maximum Gasteiger partial charge on any atom is 0.327 e. The van der Waals surface area contributed by atoms with Gasteiger partial charge in [0.15, 0.2) is 0 Å². The SMILES string of the molecule is C1=C\CCCCCC/C=C/C=C/1.C=CC(=O)O. The van der Waals surface area contributed by atoms with Crippen molar-refractivity contribution in [3.63, 3.8) is 0 Å². The molecule has 0 heterocycles. The van der Waals surface area contributed by atoms with Crippen molar-refractivity contribution in [2.75, 3.05) is 0 Å². The normalized spacial score (nSPS) is 21.6. The number of hydrogen-bond acceptors (Lipinski definition) is 1. The molecule has 0 bridgehead atoms. The second-order valence-corrected chi connectivity index (χ2v) is 3.78. The second-order valence-electron chi connectivity index (χ2n) is 3.78. The summed E-state index contributed by atoms with van der Waals surface area (Å²) in [5, 5.41) is 7.60. The zero-order valence-electron chi connectivity index (χ0n) is 10.3. The van der Waals surface area contributed by atoms with Crippen LogP contribution in [0.2, 0.25) is 0 Å². The minimum atomic E-state index is -0.981. The highest BCUT2D eigenvalue weighted by molar-refractivity contribution is 5.78. The topological polar surface area (TPSA) is 37.3 Å². The van der Waals surface area contributed by atoms with Crippen molar-refractivity contribution in [2.45, 2.75) is 38.5 Å². The lowest BCUT2D eigenvalue weighted by Gasteiger charge is -1.96. The molecule has 2 heteroatoms. The van der Waals surface area contributed by atoms with Crippen LogP contribution in [0.15, 0.2) is 49.1 Å². The van der Waals surface area contributed by atoms with Gasteiger partial charge in [0.2, 0.25) is 0 Å². The van der Waals surface area contributed by atoms with Gasteiger partial charge in [-0.1, -0.05) is 55.9 Å². The number of carboxylic acids is 1. The van der Waals surface area contributed by atoms with E-state index in [9.17, 15) is 4.79 Å². The van der Waals surface area contributed by atoms with Gasteiger partial charge >= 0.3 is 5.97 Å². The fraction of sp³-hybridized carbons (Fsp3) is 0.400. The second kappa shape index (κ2) is 12.5. The number of aliphatic carboxylic acids is 1. The van der Waals surface area contributed by atoms with Crippen molar-refractivity contribution < 1.29 is 9.90 Å². The highest BCUT2D eigenvalue weighted by Gasteiger charge is 1.87. The Labute approximate surface area is 104 Å². The first kappa shape index (κ1) is 15.4. The van der Waals surface area contributed by atoms with Crippen LogP contribution in [-0.4, -0.2) is 11.1 Å². The Balaban J connectivity index is 0.000000437. The van der Waals surface area contributed by atoms with Gasteiger partial charge in [0.25, 0.3) is 0 Å². The molecule has 0 atom stereocenters. The molecule has 1 N–H and O–H groups in total. The Kier molecular flexibility index (Phi) is 11.3. The Morgan fingerprint density at radius 2 is 1.35 bits per heavy atom. The van der Waals surface area contributed by atoms with Crippen LogP contribution in [0.5, 0.6) is 0 Å². The molecule has 0 radical (unpaired) electrons. The fourth-order valence-electron chi connectivity index (χ4n) is 1.36. The van der Waals surface area contributed by atoms with Crippen molar-refractivity contribution in [3.05, 3.63) is 49.1 Å². The molecular weight excluding hydrogens is 212 g/mol. The van der Waals surface area contributed by atoms with Gasteiger partial charge in [-0.3, -0.25) is 0 Å². The van der Waals surface area contributed by atoms with Gasteiger partial charge < -0.3 is 5.11 Å². The summed E-state index contributed by atoms with van der Waals surface area (Å²) in [6, 6.07) is 0. The van der Waals surface area contributed by atoms with Gasteiger partial charge in [-0.05, 0) is 25.7 Å². The van der Waals surface area contributed by atoms with Crippen LogP contribution >= 0.6 is 0 Å². The van der Waals surface area contributed by atoms with Gasteiger partial charge in [-0.25, -0.2) is 4.79 Å². The van der Waals surface area contributed by atoms with Gasteiger partial charge in [0.05, 0.1) is 0 Å². The predicted octanol–water partition coefficient (Wildman–Crippen LogP) is 4.27. The maximum absolute atomic E-state index is 9.25. The average molecular weight is 234 g/mol. The molecule has 0 amide bonds. The van der Waals surface area contributed by atoms with E-state index in [1.807, 2.05) is 0 Å². The van der Waals surface area contributed by atoms with Crippen molar-refractivity contribution in [1.82, 2.24) is 0 Å². The van der Waals surface area contributed by atoms with Crippen LogP contribution in [-0.2, 0) is 4.79 Å². The van der Waals surface area contributed by atoms with E-state index in [0.29, 0.717) is 0 Å². The molecule has 0 aliphatic heterocycles. The molecule has 1 aliphatic rings. The standard InChI is InChI=1S/C12H18.C3H4O2/c1-2-4-6-8-10-12-11-9-7-5-3-1;1-2-3(4)5/h1-6H,7-12H2;2H,1H2,(H,4,5)/b2-1+,5-3-,6-4+;. The monoisotopic (exact) mass is 234 g/mol. The van der Waals surface area contributed by atoms with Crippen molar-refractivity contribution >= 4 is 5.97 Å². The number of carboxylic acid groups (broad SMARTS) is 1. The van der Waals surface area contributed by atoms with Crippen LogP contribution in [0.25, 0.3) is 0 Å². The third-order valence-electron chi connectivity index (χ3n) is 2.27. The molecule has 0 saturated carbocycles. The molecule has 0 fully saturated rings. The average Bonchev–Trinajstić information content (AvgIpc) is 2.30. The molecule has 1 aliphatic carbocycles. The van der Waals surface area contributed by atoms with Crippen molar-refractivity contribution in [3.8, 4) is 0 Å². The van der Waals surface area contributed by atoms with Crippen LogP contribution in [0.3, 0.4) is 0 Å². The third-order valence-corrected chi connectivity index (χ3v) is 2.27. The zero-order chi connectivity index (χ0) is 12.8. The van der Waals surface area contributed by atoms with E-state index in [1.165, 1.54) is 38.5 Å². The van der Waals surface area contributed by atoms with Crippen LogP contribution in [0.4, 0.5) is 0 Å². The number of rotatable bonds is 1. The summed E-state index contributed by atoms with van der Waals surface area (Å²) in [6.07, 6.45) is 21.8. The highest BCUT2D eigenvalue weighted by Crippen LogP contribution is 2.07. The van der Waals surface area contributed by atoms with Crippen molar-refractivity contribution in [2.24, 2.45) is 0 Å². The van der Waals surface area contributed by atoms with E-state index in [1.54, 1.807) is 0 Å². The molecule has 1 rings (SSSR count). The molecule has 0 aromatic heterocycles. The van der Waals surface area contributed by atoms with E-state index in [0.717, 1.165) is 6.08 Å². The van der Waals surface area contributed by atoms with Crippen LogP contribution < -0.4 is 0 Å². The fourth-order valence-corrected chi connectivity index (χ4v) is 1.36. The number of allylic oxidation sites excluding steroid dienone is 6. The molecule has 0 aromatic rings. The smallest absolute Gasteiger partial charge is 0.327 e. The minimum absolute atomic E-state index is 0.833. The minimum Gasteiger partial charge on any atom is -0.478 e. The summed E-state index contributed by atoms with van der Waals surface area (Å²) in [5.74, 6) is -0.981. The van der Waals surface area contributed by atoms with E-state index < -0.39 is 5.97 Å². The van der Waals surface area contributed by atoms with E-state index in [2.05, 4.69) is 43.0 Å². The Bertz CT molecular complexity index is 265. The quantitative estimate of drug-likeness (QED) is 0.688. The Morgan fingerprint density at radius 1 is 0.941 bits per heavy atom. The lowest BCUT2D eigenvalue weighted by molar-refractivity contribution is -0.131. The lowest BCUT2D eigenvalue weighted by atomic mass is 10.1. The van der Waals surface area contributed by atoms with Crippen LogP contribution in [0.1, 0.15) is 38.5 Å². The van der Waals surface area contributed by atoms with Crippen molar-refractivity contribution in [1.29, 1.82) is 0 Å². The van der Waals surface area contributed by atoms with E-state index in [4.69, 9.17) is 5.11 Å². The molecule has 0 aromatic carbocycles. The van der Waals surface area contributed by atoms with Gasteiger partial charge in [0.1, 0.15) is 0 Å². The largest absolute Gasteiger partial charge is 0.478 e. The van der Waals surface area contributed by atoms with Gasteiger partial charge in [-0.15, -0.1) is 0 Å². The van der Waals surface area contributed by atoms with Gasteiger partial charge in [0, 0.05) is 6.08 Å². The third kappa shape index (κ3) is 14.4. The summed E-state index contributed by atoms with van der Waals surface area (Å²) < 4.78 is 0. The molecule has 0 saturated heterocycles. The summed E-state index contributed by atoms with van der Waals surface area (Å²) in [7, 11) is 0. The molecule has 0 unspecified atom stereocenters. The summed E-state index contributed by atoms with van der Waals surface area (Å²) >= 11 is 0. The summed E-state index contributed by atoms with van der Waals surface area (Å²) in [6.45, 7) is 2.96. The lowest BCUT2D eigenvalue weighted by Crippen LogP contribution is -1.82. The summed E-state index contributed by atoms with van der Waals surface area (Å²) in [5.41, 5.74) is 0. The Hall–Kier alpha value is -1.57. The maximum atomic E-state index is 9.25. The van der Waals surface area contributed by atoms with E-state index >= 15 is 0 Å². The molecule has 17 heavy (non-hydrogen) atoms. The van der Waals surface area contributed by atoms with Crippen LogP contribution in [0, 0.1) is 0 Å². The first-order valence-electron chi connectivity index (χ1n) is 6.11. The zero-order valence-corrected chi connectivity index (χ0v) is 10.3. The number of hydrogen-bond donors (Lipinski definition) is 1. The molecule has 2 nitrogen and oxygen atoms in total. The molecular formula is C15H22O2. The Morgan fingerprint density at radius 3 is 1.71 bits per heavy atom. The molecule has 94 valence electrons. The van der Waals surface area contributed by atoms with Gasteiger partial charge in [-0.2, -0.15) is 0 Å². The summed E-state index contributed by atoms with van der Waals surface area (Å²) in [4.78, 5) is 9.25. The molecule has 0 spiro atoms. The van der Waals surface area contributed by atoms with E-state index in [-0.39, 0.29) is 0 Å². The first-order chi connectivity index (χ1) is 8.27. The highest BCUT2D eigenvalue weighted by atomic mass is 16.4.